The maximum atomic E-state index is 12.4. The van der Waals surface area contributed by atoms with E-state index in [-0.39, 0.29) is 18.1 Å². The third kappa shape index (κ3) is 9.37. The maximum Gasteiger partial charge on any atom is 0.472 e. The van der Waals surface area contributed by atoms with E-state index in [0.29, 0.717) is 11.9 Å². The molecule has 1 aliphatic heterocycles. The van der Waals surface area contributed by atoms with Crippen LogP contribution in [0.1, 0.15) is 83.2 Å². The number of thioether (sulfide) groups is 1. The molecule has 1 saturated heterocycles. The Morgan fingerprint density at radius 1 is 1.10 bits per heavy atom. The summed E-state index contributed by atoms with van der Waals surface area (Å²) in [5, 5.41) is 35.3. The Labute approximate surface area is 246 Å². The fraction of sp³-hybridized carbons (Fsp3) is 0.741. The van der Waals surface area contributed by atoms with E-state index in [0.717, 1.165) is 11.5 Å². The van der Waals surface area contributed by atoms with E-state index < -0.39 is 38.3 Å². The van der Waals surface area contributed by atoms with Gasteiger partial charge in [-0.2, -0.15) is 22.1 Å². The fourth-order valence-corrected chi connectivity index (χ4v) is 6.59. The van der Waals surface area contributed by atoms with Crippen molar-refractivity contribution in [3.8, 4) is 6.07 Å². The first-order valence-corrected chi connectivity index (χ1v) is 17.1. The standard InChI is InChI=1S/C27H44N5O7PS/c1-2-3-4-5-6-7-8-9-10-11-16-41-17-12-15-37-40(35,36)38-18-22-24(33)25(34)27(19-28,39-22)23-14-13-21-26(29)30-20-31-32(21)23/h13-14,20,22,24-25,33-34H,2-12,15-18H2,1H3,(H,35,36)(H2,29,30,31)/t22-,24-,25-,27+/m1/s1. The highest BCUT2D eigenvalue weighted by molar-refractivity contribution is 7.99. The summed E-state index contributed by atoms with van der Waals surface area (Å²) in [6.45, 7) is 1.69. The number of anilines is 1. The summed E-state index contributed by atoms with van der Waals surface area (Å²) in [4.78, 5) is 14.0. The van der Waals surface area contributed by atoms with Gasteiger partial charge in [-0.25, -0.2) is 14.1 Å². The largest absolute Gasteiger partial charge is 0.472 e. The molecule has 1 fully saturated rings. The average Bonchev–Trinajstić information content (AvgIpc) is 3.50. The van der Waals surface area contributed by atoms with Crippen molar-refractivity contribution in [2.24, 2.45) is 0 Å². The number of ether oxygens (including phenoxy) is 1. The quantitative estimate of drug-likeness (QED) is 0.123. The van der Waals surface area contributed by atoms with Crippen molar-refractivity contribution in [1.82, 2.24) is 14.6 Å². The van der Waals surface area contributed by atoms with Crippen molar-refractivity contribution in [2.45, 2.75) is 101 Å². The van der Waals surface area contributed by atoms with Crippen LogP contribution in [-0.2, 0) is 24.0 Å². The van der Waals surface area contributed by atoms with Crippen molar-refractivity contribution in [1.29, 1.82) is 5.26 Å². The average molecular weight is 614 g/mol. The minimum absolute atomic E-state index is 0.0366. The number of unbranched alkanes of at least 4 members (excludes halogenated alkanes) is 9. The minimum Gasteiger partial charge on any atom is -0.387 e. The molecule has 230 valence electrons. The lowest BCUT2D eigenvalue weighted by Gasteiger charge is -2.24. The third-order valence-corrected chi connectivity index (χ3v) is 9.36. The van der Waals surface area contributed by atoms with Crippen LogP contribution in [-0.4, -0.2) is 72.7 Å². The molecular weight excluding hydrogens is 569 g/mol. The Morgan fingerprint density at radius 3 is 2.44 bits per heavy atom. The first-order valence-electron chi connectivity index (χ1n) is 14.5. The lowest BCUT2D eigenvalue weighted by Crippen LogP contribution is -2.41. The van der Waals surface area contributed by atoms with E-state index in [4.69, 9.17) is 19.5 Å². The molecule has 3 rings (SSSR count). The van der Waals surface area contributed by atoms with Gasteiger partial charge in [-0.15, -0.1) is 0 Å². The van der Waals surface area contributed by atoms with Crippen molar-refractivity contribution in [2.75, 3.05) is 30.5 Å². The van der Waals surface area contributed by atoms with Crippen LogP contribution in [0.15, 0.2) is 18.5 Å². The van der Waals surface area contributed by atoms with Crippen LogP contribution < -0.4 is 5.73 Å². The lowest BCUT2D eigenvalue weighted by molar-refractivity contribution is -0.0642. The van der Waals surface area contributed by atoms with Crippen LogP contribution in [0.25, 0.3) is 5.52 Å². The zero-order chi connectivity index (χ0) is 29.7. The number of phosphoric ester groups is 1. The van der Waals surface area contributed by atoms with E-state index in [1.165, 1.54) is 81.1 Å². The highest BCUT2D eigenvalue weighted by Gasteiger charge is 2.57. The molecule has 41 heavy (non-hydrogen) atoms. The van der Waals surface area contributed by atoms with Gasteiger partial charge >= 0.3 is 7.82 Å². The van der Waals surface area contributed by atoms with Gasteiger partial charge in [0.25, 0.3) is 0 Å². The summed E-state index contributed by atoms with van der Waals surface area (Å²) in [6, 6.07) is 4.95. The van der Waals surface area contributed by atoms with Crippen molar-refractivity contribution < 1.29 is 33.5 Å². The number of aliphatic hydroxyl groups is 2. The zero-order valence-corrected chi connectivity index (χ0v) is 25.5. The van der Waals surface area contributed by atoms with Crippen molar-refractivity contribution >= 4 is 30.9 Å². The smallest absolute Gasteiger partial charge is 0.387 e. The van der Waals surface area contributed by atoms with Gasteiger partial charge in [0.2, 0.25) is 5.60 Å². The molecule has 1 unspecified atom stereocenters. The fourth-order valence-electron chi connectivity index (χ4n) is 4.89. The van der Waals surface area contributed by atoms with Crippen LogP contribution in [0.4, 0.5) is 5.82 Å². The highest BCUT2D eigenvalue weighted by Crippen LogP contribution is 2.46. The number of hydrogen-bond donors (Lipinski definition) is 4. The molecule has 0 aliphatic carbocycles. The van der Waals surface area contributed by atoms with Gasteiger partial charge in [0.05, 0.1) is 18.9 Å². The highest BCUT2D eigenvalue weighted by atomic mass is 32.2. The molecule has 3 heterocycles. The molecule has 1 aliphatic rings. The Hall–Kier alpha value is -1.75. The monoisotopic (exact) mass is 613 g/mol. The molecule has 0 saturated carbocycles. The van der Waals surface area contributed by atoms with E-state index in [2.05, 4.69) is 17.0 Å². The SMILES string of the molecule is CCCCCCCCCCCCSCCCOP(=O)(O)OC[C@H]1O[C@@](C#N)(c2ccc3c(N)ncnn23)[C@H](O)[C@@H]1O. The van der Waals surface area contributed by atoms with Gasteiger partial charge in [-0.3, -0.25) is 9.05 Å². The second-order valence-electron chi connectivity index (χ2n) is 10.3. The zero-order valence-electron chi connectivity index (χ0n) is 23.8. The Balaban J connectivity index is 1.33. The van der Waals surface area contributed by atoms with E-state index >= 15 is 0 Å². The Bertz CT molecular complexity index is 1160. The number of rotatable bonds is 20. The Kier molecular flexibility index (Phi) is 13.8. The van der Waals surface area contributed by atoms with Crippen LogP contribution in [0.3, 0.4) is 0 Å². The summed E-state index contributed by atoms with van der Waals surface area (Å²) in [5.74, 6) is 2.01. The van der Waals surface area contributed by atoms with Gasteiger partial charge in [0.15, 0.2) is 5.82 Å². The summed E-state index contributed by atoms with van der Waals surface area (Å²) in [6.07, 6.45) is 10.2. The van der Waals surface area contributed by atoms with Crippen LogP contribution in [0, 0.1) is 11.3 Å². The van der Waals surface area contributed by atoms with Crippen LogP contribution in [0.2, 0.25) is 0 Å². The molecule has 2 aromatic heterocycles. The molecule has 5 atom stereocenters. The number of nitriles is 1. The lowest BCUT2D eigenvalue weighted by atomic mass is 9.92. The number of fused-ring (bicyclic) bond motifs is 1. The molecule has 12 nitrogen and oxygen atoms in total. The van der Waals surface area contributed by atoms with E-state index in [9.17, 15) is 24.9 Å². The van der Waals surface area contributed by atoms with Crippen LogP contribution >= 0.6 is 19.6 Å². The molecule has 0 aromatic carbocycles. The van der Waals surface area contributed by atoms with Gasteiger partial charge in [0, 0.05) is 0 Å². The van der Waals surface area contributed by atoms with Crippen molar-refractivity contribution in [3.05, 3.63) is 24.2 Å². The molecular formula is C27H44N5O7PS. The molecule has 0 radical (unpaired) electrons. The molecule has 2 aromatic rings. The maximum absolute atomic E-state index is 12.4. The Morgan fingerprint density at radius 2 is 1.76 bits per heavy atom. The second kappa shape index (κ2) is 16.8. The number of nitrogen functional groups attached to an aromatic ring is 1. The molecule has 0 spiro atoms. The molecule has 5 N–H and O–H groups in total. The van der Waals surface area contributed by atoms with Crippen molar-refractivity contribution in [3.63, 3.8) is 0 Å². The summed E-state index contributed by atoms with van der Waals surface area (Å²) in [7, 11) is -4.44. The van der Waals surface area contributed by atoms with Gasteiger partial charge in [-0.05, 0) is 36.5 Å². The van der Waals surface area contributed by atoms with Crippen LogP contribution in [0.5, 0.6) is 0 Å². The number of nitrogens with zero attached hydrogens (tertiary/aromatic N) is 4. The predicted molar refractivity (Wildman–Crippen MR) is 157 cm³/mol. The molecule has 14 heteroatoms. The van der Waals surface area contributed by atoms with E-state index in [1.807, 2.05) is 6.07 Å². The number of nitrogens with two attached hydrogens (primary N) is 1. The molecule has 0 bridgehead atoms. The summed E-state index contributed by atoms with van der Waals surface area (Å²) in [5.41, 5.74) is 4.34. The normalized spacial score (nSPS) is 24.0. The van der Waals surface area contributed by atoms with Gasteiger partial charge in [0.1, 0.15) is 36.2 Å². The van der Waals surface area contributed by atoms with Gasteiger partial charge < -0.3 is 25.6 Å². The number of aliphatic hydroxyl groups excluding tert-OH is 2. The first kappa shape index (κ1) is 33.7. The number of aromatic nitrogens is 3. The van der Waals surface area contributed by atoms with E-state index in [1.54, 1.807) is 17.8 Å². The molecule has 0 amide bonds. The second-order valence-corrected chi connectivity index (χ2v) is 13.0. The predicted octanol–water partition coefficient (Wildman–Crippen LogP) is 4.33. The number of phosphoric acid groups is 1. The topological polar surface area (TPSA) is 185 Å². The third-order valence-electron chi connectivity index (χ3n) is 7.22. The minimum atomic E-state index is -4.44. The summed E-state index contributed by atoms with van der Waals surface area (Å²) >= 11 is 1.80. The number of hydrogen-bond acceptors (Lipinski definition) is 11. The first-order chi connectivity index (χ1) is 19.8. The van der Waals surface area contributed by atoms with Gasteiger partial charge in [-0.1, -0.05) is 64.7 Å². The summed E-state index contributed by atoms with van der Waals surface area (Å²) < 4.78 is 29.5.